The van der Waals surface area contributed by atoms with Crippen LogP contribution in [0.15, 0.2) is 134 Å². The van der Waals surface area contributed by atoms with Gasteiger partial charge in [-0.2, -0.15) is 0 Å². The van der Waals surface area contributed by atoms with Crippen molar-refractivity contribution in [2.75, 3.05) is 13.2 Å². The lowest BCUT2D eigenvalue weighted by Crippen LogP contribution is -2.30. The Balaban J connectivity index is 4.34. The fraction of sp³-hybridized carbons (Fsp3) is 0.638. The van der Waals surface area contributed by atoms with Gasteiger partial charge in [0.05, 0.1) is 0 Å². The van der Waals surface area contributed by atoms with Crippen LogP contribution in [0.5, 0.6) is 0 Å². The highest BCUT2D eigenvalue weighted by atomic mass is 16.6. The van der Waals surface area contributed by atoms with Crippen molar-refractivity contribution in [2.45, 2.75) is 271 Å². The third kappa shape index (κ3) is 60.3. The molecule has 0 aliphatic rings. The number of ether oxygens (including phenoxy) is 3. The van der Waals surface area contributed by atoms with Crippen molar-refractivity contribution in [3.63, 3.8) is 0 Å². The number of hydrogen-bond acceptors (Lipinski definition) is 6. The number of allylic oxidation sites excluding steroid dienone is 22. The van der Waals surface area contributed by atoms with Gasteiger partial charge in [0, 0.05) is 19.3 Å². The molecule has 1 unspecified atom stereocenters. The minimum atomic E-state index is -0.797. The van der Waals surface area contributed by atoms with Crippen LogP contribution >= 0.6 is 0 Å². The number of carbonyl (C=O) groups is 3. The molecule has 0 saturated carbocycles. The normalized spacial score (nSPS) is 13.1. The van der Waals surface area contributed by atoms with Crippen LogP contribution in [0.2, 0.25) is 0 Å². The summed E-state index contributed by atoms with van der Waals surface area (Å²) in [4.78, 5) is 38.2. The molecule has 0 amide bonds. The molecule has 0 N–H and O–H groups in total. The molecule has 0 radical (unpaired) electrons. The van der Waals surface area contributed by atoms with E-state index in [1.54, 1.807) is 0 Å². The van der Waals surface area contributed by atoms with E-state index >= 15 is 0 Å². The van der Waals surface area contributed by atoms with Crippen molar-refractivity contribution < 1.29 is 28.6 Å². The first-order valence-corrected chi connectivity index (χ1v) is 30.7. The molecule has 0 fully saturated rings. The summed E-state index contributed by atoms with van der Waals surface area (Å²) >= 11 is 0. The van der Waals surface area contributed by atoms with Gasteiger partial charge in [-0.25, -0.2) is 0 Å². The van der Waals surface area contributed by atoms with E-state index in [1.807, 2.05) is 0 Å². The van der Waals surface area contributed by atoms with Gasteiger partial charge in [0.2, 0.25) is 0 Å². The zero-order valence-electron chi connectivity index (χ0n) is 48.5. The van der Waals surface area contributed by atoms with E-state index < -0.39 is 6.10 Å². The first-order chi connectivity index (χ1) is 37.0. The molecule has 1 atom stereocenters. The van der Waals surface area contributed by atoms with E-state index in [-0.39, 0.29) is 31.1 Å². The van der Waals surface area contributed by atoms with Crippen LogP contribution in [0.4, 0.5) is 0 Å². The lowest BCUT2D eigenvalue weighted by molar-refractivity contribution is -0.167. The largest absolute Gasteiger partial charge is 0.462 e. The molecular formula is C69H112O6. The Hall–Kier alpha value is -4.45. The fourth-order valence-corrected chi connectivity index (χ4v) is 8.12. The standard InChI is InChI=1S/C69H112O6/c1-4-7-10-13-16-19-21-23-25-27-29-31-33-34-36-37-39-41-43-45-47-50-53-56-59-62-68(71)74-65-66(64-73-67(70)61-58-55-52-49-18-15-12-9-6-3)75-69(72)63-60-57-54-51-48-46-44-42-40-38-35-32-30-28-26-24-22-20-17-14-11-8-5-2/h7-8,10-11,16-17,19-20,23-26,29-32,34,36,39,41,45,47,66H,4-6,9,12-15,18,21-22,27-28,33,35,37-38,40,42-44,46,48-65H2,1-3H3/b10-7-,11-8-,19-16-,20-17-,25-23-,26-24-,31-29-,32-30-,36-34-,41-39-,47-45-. The molecule has 0 aliphatic carbocycles. The maximum atomic E-state index is 12.9. The van der Waals surface area contributed by atoms with E-state index in [0.29, 0.717) is 19.3 Å². The van der Waals surface area contributed by atoms with Crippen molar-refractivity contribution in [1.82, 2.24) is 0 Å². The first-order valence-electron chi connectivity index (χ1n) is 30.7. The summed E-state index contributed by atoms with van der Waals surface area (Å²) in [6.07, 6.45) is 87.4. The Labute approximate surface area is 462 Å². The zero-order valence-corrected chi connectivity index (χ0v) is 48.5. The summed E-state index contributed by atoms with van der Waals surface area (Å²) < 4.78 is 16.8. The van der Waals surface area contributed by atoms with Crippen LogP contribution in [0.1, 0.15) is 265 Å². The van der Waals surface area contributed by atoms with Crippen LogP contribution in [-0.2, 0) is 28.6 Å². The van der Waals surface area contributed by atoms with Gasteiger partial charge in [0.15, 0.2) is 6.10 Å². The molecule has 0 spiro atoms. The van der Waals surface area contributed by atoms with Crippen LogP contribution in [0.3, 0.4) is 0 Å². The summed E-state index contributed by atoms with van der Waals surface area (Å²) in [5.74, 6) is -0.934. The van der Waals surface area contributed by atoms with Crippen molar-refractivity contribution in [3.05, 3.63) is 134 Å². The quantitative estimate of drug-likeness (QED) is 0.0261. The Morgan fingerprint density at radius 1 is 0.280 bits per heavy atom. The second kappa shape index (κ2) is 62.1. The van der Waals surface area contributed by atoms with Crippen LogP contribution < -0.4 is 0 Å². The van der Waals surface area contributed by atoms with Crippen LogP contribution in [0, 0.1) is 0 Å². The lowest BCUT2D eigenvalue weighted by Gasteiger charge is -2.18. The predicted octanol–water partition coefficient (Wildman–Crippen LogP) is 21.0. The highest BCUT2D eigenvalue weighted by Gasteiger charge is 2.19. The Bertz CT molecular complexity index is 1620. The maximum Gasteiger partial charge on any atom is 0.306 e. The van der Waals surface area contributed by atoms with Crippen LogP contribution in [-0.4, -0.2) is 37.2 Å². The van der Waals surface area contributed by atoms with Gasteiger partial charge in [0.1, 0.15) is 13.2 Å². The molecule has 6 nitrogen and oxygen atoms in total. The first kappa shape index (κ1) is 70.5. The van der Waals surface area contributed by atoms with E-state index in [9.17, 15) is 14.4 Å². The zero-order chi connectivity index (χ0) is 54.3. The second-order valence-electron chi connectivity index (χ2n) is 19.9. The second-order valence-corrected chi connectivity index (χ2v) is 19.9. The minimum absolute atomic E-state index is 0.0926. The van der Waals surface area contributed by atoms with Crippen molar-refractivity contribution in [2.24, 2.45) is 0 Å². The van der Waals surface area contributed by atoms with Crippen molar-refractivity contribution >= 4 is 17.9 Å². The number of esters is 3. The van der Waals surface area contributed by atoms with Crippen molar-refractivity contribution in [1.29, 1.82) is 0 Å². The molecule has 424 valence electrons. The summed E-state index contributed by atoms with van der Waals surface area (Å²) in [5, 5.41) is 0. The van der Waals surface area contributed by atoms with E-state index in [0.717, 1.165) is 135 Å². The van der Waals surface area contributed by atoms with Gasteiger partial charge >= 0.3 is 17.9 Å². The third-order valence-corrected chi connectivity index (χ3v) is 12.7. The molecule has 0 aromatic carbocycles. The molecule has 0 rings (SSSR count). The molecule has 6 heteroatoms. The molecule has 0 heterocycles. The minimum Gasteiger partial charge on any atom is -0.462 e. The van der Waals surface area contributed by atoms with Gasteiger partial charge in [-0.1, -0.05) is 264 Å². The number of rotatable bonds is 54. The van der Waals surface area contributed by atoms with Gasteiger partial charge in [0.25, 0.3) is 0 Å². The molecule has 0 aliphatic heterocycles. The number of hydrogen-bond donors (Lipinski definition) is 0. The van der Waals surface area contributed by atoms with E-state index in [1.165, 1.54) is 89.9 Å². The SMILES string of the molecule is CC/C=C\C/C=C\C/C=C\C/C=C\C/C=C\C/C=C\C/C=C\CCCCCC(=O)OCC(COC(=O)CCCCCCCCCCC)OC(=O)CCCCCCCCCCCC/C=C\C/C=C\C/C=C\C/C=C\CC. The number of carbonyl (C=O) groups excluding carboxylic acids is 3. The average molecular weight is 1040 g/mol. The highest BCUT2D eigenvalue weighted by molar-refractivity contribution is 5.71. The van der Waals surface area contributed by atoms with E-state index in [4.69, 9.17) is 14.2 Å². The summed E-state index contributed by atoms with van der Waals surface area (Å²) in [6, 6.07) is 0. The topological polar surface area (TPSA) is 78.9 Å². The van der Waals surface area contributed by atoms with Crippen LogP contribution in [0.25, 0.3) is 0 Å². The lowest BCUT2D eigenvalue weighted by atomic mass is 10.0. The molecule has 0 aromatic rings. The molecule has 0 saturated heterocycles. The van der Waals surface area contributed by atoms with Gasteiger partial charge < -0.3 is 14.2 Å². The fourth-order valence-electron chi connectivity index (χ4n) is 8.12. The monoisotopic (exact) mass is 1040 g/mol. The smallest absolute Gasteiger partial charge is 0.306 e. The number of unbranched alkanes of at least 4 members (excludes halogenated alkanes) is 21. The summed E-state index contributed by atoms with van der Waals surface area (Å²) in [7, 11) is 0. The Morgan fingerprint density at radius 2 is 0.520 bits per heavy atom. The third-order valence-electron chi connectivity index (χ3n) is 12.7. The highest BCUT2D eigenvalue weighted by Crippen LogP contribution is 2.15. The van der Waals surface area contributed by atoms with Gasteiger partial charge in [-0.3, -0.25) is 14.4 Å². The average Bonchev–Trinajstić information content (AvgIpc) is 3.41. The summed E-state index contributed by atoms with van der Waals surface area (Å²) in [5.41, 5.74) is 0. The predicted molar refractivity (Wildman–Crippen MR) is 325 cm³/mol. The van der Waals surface area contributed by atoms with Gasteiger partial charge in [-0.15, -0.1) is 0 Å². The van der Waals surface area contributed by atoms with Gasteiger partial charge in [-0.05, 0) is 116 Å². The van der Waals surface area contributed by atoms with E-state index in [2.05, 4.69) is 154 Å². The van der Waals surface area contributed by atoms with Crippen molar-refractivity contribution in [3.8, 4) is 0 Å². The Morgan fingerprint density at radius 3 is 0.827 bits per heavy atom. The molecular weight excluding hydrogens is 925 g/mol. The molecule has 75 heavy (non-hydrogen) atoms. The maximum absolute atomic E-state index is 12.9. The summed E-state index contributed by atoms with van der Waals surface area (Å²) in [6.45, 7) is 6.36. The molecule has 0 bridgehead atoms. The Kier molecular flexibility index (Phi) is 58.4. The molecule has 0 aromatic heterocycles.